The summed E-state index contributed by atoms with van der Waals surface area (Å²) in [6.07, 6.45) is 5.30. The molecule has 3 nitrogen and oxygen atoms in total. The number of fused-ring (bicyclic) bond motifs is 1. The van der Waals surface area contributed by atoms with E-state index >= 15 is 0 Å². The lowest BCUT2D eigenvalue weighted by Crippen LogP contribution is -2.10. The van der Waals surface area contributed by atoms with E-state index in [0.29, 0.717) is 15.1 Å². The maximum atomic E-state index is 6.43. The number of furan rings is 1. The number of benzene rings is 2. The Morgan fingerprint density at radius 2 is 1.72 bits per heavy atom. The number of aromatic nitrogens is 2. The zero-order valence-electron chi connectivity index (χ0n) is 12.7. The van der Waals surface area contributed by atoms with Gasteiger partial charge in [-0.1, -0.05) is 34.8 Å². The molecule has 0 saturated carbocycles. The molecular formula is C18H12Cl4N2O. The van der Waals surface area contributed by atoms with Gasteiger partial charge in [0.1, 0.15) is 17.4 Å². The Morgan fingerprint density at radius 1 is 0.960 bits per heavy atom. The molecule has 0 spiro atoms. The number of nitrogens with zero attached hydrogens (tertiary/aromatic N) is 2. The van der Waals surface area contributed by atoms with Crippen LogP contribution < -0.4 is 0 Å². The molecule has 4 rings (SSSR count). The Labute approximate surface area is 165 Å². The molecule has 0 radical (unpaired) electrons. The van der Waals surface area contributed by atoms with Gasteiger partial charge >= 0.3 is 0 Å². The van der Waals surface area contributed by atoms with Crippen molar-refractivity contribution >= 4 is 58.2 Å². The van der Waals surface area contributed by atoms with Gasteiger partial charge < -0.3 is 8.98 Å². The van der Waals surface area contributed by atoms with Crippen molar-refractivity contribution in [1.82, 2.24) is 9.55 Å². The molecule has 1 atom stereocenters. The van der Waals surface area contributed by atoms with Crippen LogP contribution in [-0.2, 0) is 0 Å². The van der Waals surface area contributed by atoms with Gasteiger partial charge in [-0.15, -0.1) is 12.4 Å². The zero-order valence-corrected chi connectivity index (χ0v) is 15.8. The molecule has 4 aromatic rings. The number of imidazole rings is 1. The van der Waals surface area contributed by atoms with Crippen molar-refractivity contribution < 1.29 is 4.42 Å². The first-order chi connectivity index (χ1) is 11.6. The molecule has 0 N–H and O–H groups in total. The Bertz CT molecular complexity index is 1010. The van der Waals surface area contributed by atoms with Gasteiger partial charge in [-0.3, -0.25) is 0 Å². The third kappa shape index (κ3) is 3.51. The predicted octanol–water partition coefficient (Wildman–Crippen LogP) is 6.65. The van der Waals surface area contributed by atoms with E-state index in [1.165, 1.54) is 0 Å². The van der Waals surface area contributed by atoms with Gasteiger partial charge in [0.05, 0.1) is 6.33 Å². The van der Waals surface area contributed by atoms with Crippen LogP contribution in [0.4, 0.5) is 0 Å². The molecule has 0 saturated heterocycles. The lowest BCUT2D eigenvalue weighted by Gasteiger charge is -2.18. The number of halogens is 4. The van der Waals surface area contributed by atoms with Crippen LogP contribution in [0, 0.1) is 0 Å². The highest BCUT2D eigenvalue weighted by atomic mass is 35.5. The minimum Gasteiger partial charge on any atom is -0.458 e. The topological polar surface area (TPSA) is 31.0 Å². The molecule has 0 aliphatic heterocycles. The first-order valence-electron chi connectivity index (χ1n) is 7.23. The zero-order chi connectivity index (χ0) is 16.7. The molecule has 0 fully saturated rings. The summed E-state index contributed by atoms with van der Waals surface area (Å²) in [6.45, 7) is 0. The summed E-state index contributed by atoms with van der Waals surface area (Å²) < 4.78 is 7.98. The Balaban J connectivity index is 0.00000182. The quantitative estimate of drug-likeness (QED) is 0.376. The summed E-state index contributed by atoms with van der Waals surface area (Å²) in [5.41, 5.74) is 1.60. The molecule has 2 aromatic heterocycles. The van der Waals surface area contributed by atoms with E-state index in [9.17, 15) is 0 Å². The fraction of sp³-hybridized carbons (Fsp3) is 0.0556. The van der Waals surface area contributed by atoms with Crippen molar-refractivity contribution in [1.29, 1.82) is 0 Å². The van der Waals surface area contributed by atoms with Crippen LogP contribution >= 0.6 is 47.2 Å². The predicted molar refractivity (Wildman–Crippen MR) is 104 cm³/mol. The van der Waals surface area contributed by atoms with Gasteiger partial charge in [0.2, 0.25) is 0 Å². The fourth-order valence-electron chi connectivity index (χ4n) is 2.78. The average Bonchev–Trinajstić information content (AvgIpc) is 3.20. The minimum atomic E-state index is -0.273. The molecule has 25 heavy (non-hydrogen) atoms. The van der Waals surface area contributed by atoms with E-state index in [1.807, 2.05) is 35.0 Å². The fourth-order valence-corrected chi connectivity index (χ4v) is 3.36. The highest BCUT2D eigenvalue weighted by molar-refractivity contribution is 6.33. The summed E-state index contributed by atoms with van der Waals surface area (Å²) in [6, 6.07) is 12.6. The Kier molecular flexibility index (Phi) is 5.30. The van der Waals surface area contributed by atoms with Gasteiger partial charge in [-0.2, -0.15) is 0 Å². The summed E-state index contributed by atoms with van der Waals surface area (Å²) in [7, 11) is 0. The molecule has 0 bridgehead atoms. The molecule has 0 amide bonds. The van der Waals surface area contributed by atoms with E-state index in [1.54, 1.807) is 30.7 Å². The van der Waals surface area contributed by atoms with Crippen molar-refractivity contribution in [2.24, 2.45) is 0 Å². The highest BCUT2D eigenvalue weighted by Gasteiger charge is 2.23. The van der Waals surface area contributed by atoms with Crippen LogP contribution in [0.15, 0.2) is 65.6 Å². The average molecular weight is 414 g/mol. The van der Waals surface area contributed by atoms with Crippen LogP contribution in [0.5, 0.6) is 0 Å². The second kappa shape index (κ2) is 7.30. The highest BCUT2D eigenvalue weighted by Crippen LogP contribution is 2.36. The molecule has 1 unspecified atom stereocenters. The second-order valence-electron chi connectivity index (χ2n) is 5.41. The molecule has 128 valence electrons. The third-order valence-electron chi connectivity index (χ3n) is 3.84. The van der Waals surface area contributed by atoms with Crippen LogP contribution in [0.1, 0.15) is 17.4 Å². The molecule has 7 heteroatoms. The standard InChI is InChI=1S/C18H11Cl3N2O.ClH/c19-12-2-4-16-11(7-12)8-17(24-16)18(23-6-5-22-10-23)14-9-13(20)1-3-15(14)21;/h1-10,18H;1H. The van der Waals surface area contributed by atoms with Crippen LogP contribution in [0.25, 0.3) is 11.0 Å². The van der Waals surface area contributed by atoms with E-state index in [0.717, 1.165) is 22.3 Å². The SMILES string of the molecule is Cl.Clc1ccc(Cl)c(C(c2cc3cc(Cl)ccc3o2)n2ccnc2)c1. The normalized spacial score (nSPS) is 12.1. The van der Waals surface area contributed by atoms with Crippen molar-refractivity contribution in [3.05, 3.63) is 87.6 Å². The Morgan fingerprint density at radius 3 is 2.48 bits per heavy atom. The summed E-state index contributed by atoms with van der Waals surface area (Å²) in [5, 5.41) is 2.81. The van der Waals surface area contributed by atoms with Crippen molar-refractivity contribution in [2.75, 3.05) is 0 Å². The lowest BCUT2D eigenvalue weighted by atomic mass is 10.0. The van der Waals surface area contributed by atoms with Crippen molar-refractivity contribution in [3.63, 3.8) is 0 Å². The van der Waals surface area contributed by atoms with Crippen LogP contribution in [-0.4, -0.2) is 9.55 Å². The van der Waals surface area contributed by atoms with Crippen LogP contribution in [0.3, 0.4) is 0 Å². The maximum absolute atomic E-state index is 6.43. The maximum Gasteiger partial charge on any atom is 0.134 e. The first kappa shape index (κ1) is 18.2. The van der Waals surface area contributed by atoms with Gasteiger partial charge in [-0.05, 0) is 42.5 Å². The van der Waals surface area contributed by atoms with Gasteiger partial charge in [0.25, 0.3) is 0 Å². The van der Waals surface area contributed by atoms with E-state index in [4.69, 9.17) is 39.2 Å². The van der Waals surface area contributed by atoms with E-state index in [-0.39, 0.29) is 18.4 Å². The summed E-state index contributed by atoms with van der Waals surface area (Å²) in [4.78, 5) is 4.14. The van der Waals surface area contributed by atoms with E-state index < -0.39 is 0 Å². The summed E-state index contributed by atoms with van der Waals surface area (Å²) >= 11 is 18.7. The first-order valence-corrected chi connectivity index (χ1v) is 8.36. The third-order valence-corrected chi connectivity index (χ3v) is 4.66. The van der Waals surface area contributed by atoms with E-state index in [2.05, 4.69) is 4.98 Å². The summed E-state index contributed by atoms with van der Waals surface area (Å²) in [5.74, 6) is 0.731. The molecule has 2 aromatic carbocycles. The largest absolute Gasteiger partial charge is 0.458 e. The van der Waals surface area contributed by atoms with Crippen molar-refractivity contribution in [2.45, 2.75) is 6.04 Å². The number of hydrogen-bond donors (Lipinski definition) is 0. The molecule has 0 aliphatic carbocycles. The monoisotopic (exact) mass is 412 g/mol. The van der Waals surface area contributed by atoms with Crippen LogP contribution in [0.2, 0.25) is 15.1 Å². The lowest BCUT2D eigenvalue weighted by molar-refractivity contribution is 0.488. The Hall–Kier alpha value is -1.65. The number of rotatable bonds is 3. The molecular weight excluding hydrogens is 402 g/mol. The molecule has 0 aliphatic rings. The second-order valence-corrected chi connectivity index (χ2v) is 6.69. The van der Waals surface area contributed by atoms with Gasteiger partial charge in [0, 0.05) is 38.4 Å². The number of hydrogen-bond acceptors (Lipinski definition) is 2. The van der Waals surface area contributed by atoms with Gasteiger partial charge in [-0.25, -0.2) is 4.98 Å². The van der Waals surface area contributed by atoms with Crippen molar-refractivity contribution in [3.8, 4) is 0 Å². The molecule has 2 heterocycles. The smallest absolute Gasteiger partial charge is 0.134 e. The minimum absolute atomic E-state index is 0. The van der Waals surface area contributed by atoms with Gasteiger partial charge in [0.15, 0.2) is 0 Å².